The largest absolute Gasteiger partial charge is 0.388 e. The van der Waals surface area contributed by atoms with E-state index >= 15 is 0 Å². The van der Waals surface area contributed by atoms with Crippen LogP contribution < -0.4 is 5.32 Å². The van der Waals surface area contributed by atoms with E-state index in [1.54, 1.807) is 6.92 Å². The molecule has 2 N–H and O–H groups in total. The molecule has 0 aromatic heterocycles. The molecular weight excluding hydrogens is 270 g/mol. The van der Waals surface area contributed by atoms with E-state index < -0.39 is 22.5 Å². The van der Waals surface area contributed by atoms with Gasteiger partial charge in [-0.3, -0.25) is 10.1 Å². The van der Waals surface area contributed by atoms with Crippen LogP contribution in [0.25, 0.3) is 0 Å². The fourth-order valence-corrected chi connectivity index (χ4v) is 1.92. The lowest BCUT2D eigenvalue weighted by Crippen LogP contribution is -2.33. The summed E-state index contributed by atoms with van der Waals surface area (Å²) in [5.41, 5.74) is -1.74. The molecule has 0 bridgehead atoms. The number of alkyl halides is 2. The van der Waals surface area contributed by atoms with Gasteiger partial charge in [-0.1, -0.05) is 13.3 Å². The lowest BCUT2D eigenvalue weighted by Gasteiger charge is -2.24. The SMILES string of the molecule is CCCC(C)(O)CNc1ccc([N+](=O)[O-])cc1C(F)F. The average molecular weight is 288 g/mol. The van der Waals surface area contributed by atoms with Crippen molar-refractivity contribution in [3.63, 3.8) is 0 Å². The third kappa shape index (κ3) is 4.41. The summed E-state index contributed by atoms with van der Waals surface area (Å²) in [7, 11) is 0. The number of nitro benzene ring substituents is 1. The minimum absolute atomic E-state index is 0.0956. The molecular formula is C13H18F2N2O3. The Labute approximate surface area is 115 Å². The Morgan fingerprint density at radius 2 is 2.15 bits per heavy atom. The van der Waals surface area contributed by atoms with E-state index in [0.29, 0.717) is 6.42 Å². The van der Waals surface area contributed by atoms with Crippen LogP contribution in [0.3, 0.4) is 0 Å². The Kier molecular flexibility index (Phi) is 5.38. The summed E-state index contributed by atoms with van der Waals surface area (Å²) in [4.78, 5) is 9.87. The van der Waals surface area contributed by atoms with Crippen molar-refractivity contribution in [3.8, 4) is 0 Å². The second kappa shape index (κ2) is 6.60. The first kappa shape index (κ1) is 16.3. The number of halogens is 2. The quantitative estimate of drug-likeness (QED) is 0.595. The van der Waals surface area contributed by atoms with Gasteiger partial charge in [0.15, 0.2) is 0 Å². The van der Waals surface area contributed by atoms with Crippen LogP contribution >= 0.6 is 0 Å². The number of nitrogens with zero attached hydrogens (tertiary/aromatic N) is 1. The molecule has 20 heavy (non-hydrogen) atoms. The summed E-state index contributed by atoms with van der Waals surface area (Å²) in [5, 5.41) is 23.3. The highest BCUT2D eigenvalue weighted by Crippen LogP contribution is 2.31. The first-order valence-corrected chi connectivity index (χ1v) is 6.29. The van der Waals surface area contributed by atoms with Crippen molar-refractivity contribution >= 4 is 11.4 Å². The number of benzene rings is 1. The number of hydrogen-bond acceptors (Lipinski definition) is 4. The Morgan fingerprint density at radius 1 is 1.50 bits per heavy atom. The van der Waals surface area contributed by atoms with Gasteiger partial charge < -0.3 is 10.4 Å². The molecule has 0 aliphatic rings. The van der Waals surface area contributed by atoms with Crippen LogP contribution in [-0.4, -0.2) is 22.2 Å². The molecule has 0 amide bonds. The van der Waals surface area contributed by atoms with Gasteiger partial charge in [-0.25, -0.2) is 8.78 Å². The highest BCUT2D eigenvalue weighted by molar-refractivity contribution is 5.56. The molecule has 1 aromatic rings. The van der Waals surface area contributed by atoms with E-state index in [4.69, 9.17) is 0 Å². The second-order valence-electron chi connectivity index (χ2n) is 4.93. The van der Waals surface area contributed by atoms with Crippen LogP contribution in [0.15, 0.2) is 18.2 Å². The monoisotopic (exact) mass is 288 g/mol. The fourth-order valence-electron chi connectivity index (χ4n) is 1.92. The fraction of sp³-hybridized carbons (Fsp3) is 0.538. The lowest BCUT2D eigenvalue weighted by atomic mass is 10.0. The normalized spacial score (nSPS) is 14.1. The number of nitrogens with one attached hydrogen (secondary N) is 1. The molecule has 0 aliphatic heterocycles. The van der Waals surface area contributed by atoms with Gasteiger partial charge in [0.05, 0.1) is 10.5 Å². The average Bonchev–Trinajstić information content (AvgIpc) is 2.36. The van der Waals surface area contributed by atoms with Crippen LogP contribution in [0, 0.1) is 10.1 Å². The minimum Gasteiger partial charge on any atom is -0.388 e. The van der Waals surface area contributed by atoms with Gasteiger partial charge in [-0.15, -0.1) is 0 Å². The van der Waals surface area contributed by atoms with Crippen LogP contribution in [0.2, 0.25) is 0 Å². The van der Waals surface area contributed by atoms with Gasteiger partial charge in [0.25, 0.3) is 12.1 Å². The van der Waals surface area contributed by atoms with E-state index in [9.17, 15) is 24.0 Å². The molecule has 1 unspecified atom stereocenters. The predicted molar refractivity (Wildman–Crippen MR) is 72.1 cm³/mol. The van der Waals surface area contributed by atoms with Crippen LogP contribution in [0.4, 0.5) is 20.2 Å². The number of rotatable bonds is 7. The molecule has 0 heterocycles. The lowest BCUT2D eigenvalue weighted by molar-refractivity contribution is -0.385. The Balaban J connectivity index is 2.92. The molecule has 0 saturated carbocycles. The number of hydrogen-bond donors (Lipinski definition) is 2. The summed E-state index contributed by atoms with van der Waals surface area (Å²) >= 11 is 0. The molecule has 0 radical (unpaired) electrons. The van der Waals surface area contributed by atoms with Crippen molar-refractivity contribution in [3.05, 3.63) is 33.9 Å². The van der Waals surface area contributed by atoms with Gasteiger partial charge in [-0.2, -0.15) is 0 Å². The molecule has 0 aliphatic carbocycles. The van der Waals surface area contributed by atoms with Gasteiger partial charge in [0.1, 0.15) is 0 Å². The molecule has 1 atom stereocenters. The number of anilines is 1. The molecule has 1 rings (SSSR count). The van der Waals surface area contributed by atoms with Crippen LogP contribution in [0.5, 0.6) is 0 Å². The Morgan fingerprint density at radius 3 is 2.65 bits per heavy atom. The first-order valence-electron chi connectivity index (χ1n) is 6.29. The van der Waals surface area contributed by atoms with Crippen molar-refractivity contribution in [2.75, 3.05) is 11.9 Å². The van der Waals surface area contributed by atoms with E-state index in [1.807, 2.05) is 6.92 Å². The molecule has 1 aromatic carbocycles. The van der Waals surface area contributed by atoms with E-state index in [1.165, 1.54) is 6.07 Å². The Bertz CT molecular complexity index is 479. The van der Waals surface area contributed by atoms with Crippen molar-refractivity contribution in [1.82, 2.24) is 0 Å². The van der Waals surface area contributed by atoms with Gasteiger partial charge in [0, 0.05) is 29.9 Å². The topological polar surface area (TPSA) is 75.4 Å². The molecule has 0 spiro atoms. The molecule has 0 fully saturated rings. The van der Waals surface area contributed by atoms with Gasteiger partial charge >= 0.3 is 0 Å². The molecule has 5 nitrogen and oxygen atoms in total. The van der Waals surface area contributed by atoms with Gasteiger partial charge in [0.2, 0.25) is 0 Å². The zero-order chi connectivity index (χ0) is 15.3. The van der Waals surface area contributed by atoms with E-state index in [0.717, 1.165) is 18.6 Å². The molecule has 7 heteroatoms. The highest BCUT2D eigenvalue weighted by atomic mass is 19.3. The summed E-state index contributed by atoms with van der Waals surface area (Å²) in [6.07, 6.45) is -1.54. The van der Waals surface area contributed by atoms with E-state index in [2.05, 4.69) is 5.32 Å². The number of nitro groups is 1. The number of aliphatic hydroxyl groups is 1. The van der Waals surface area contributed by atoms with Crippen molar-refractivity contribution in [1.29, 1.82) is 0 Å². The first-order chi connectivity index (χ1) is 9.26. The van der Waals surface area contributed by atoms with Crippen molar-refractivity contribution in [2.24, 2.45) is 0 Å². The summed E-state index contributed by atoms with van der Waals surface area (Å²) < 4.78 is 25.8. The summed E-state index contributed by atoms with van der Waals surface area (Å²) in [5.74, 6) is 0. The molecule has 112 valence electrons. The Hall–Kier alpha value is -1.76. The summed E-state index contributed by atoms with van der Waals surface area (Å²) in [6, 6.07) is 3.24. The zero-order valence-electron chi connectivity index (χ0n) is 11.4. The maximum atomic E-state index is 12.9. The number of non-ortho nitro benzene ring substituents is 1. The maximum Gasteiger partial charge on any atom is 0.270 e. The smallest absolute Gasteiger partial charge is 0.270 e. The van der Waals surface area contributed by atoms with Crippen molar-refractivity contribution in [2.45, 2.75) is 38.7 Å². The highest BCUT2D eigenvalue weighted by Gasteiger charge is 2.22. The van der Waals surface area contributed by atoms with E-state index in [-0.39, 0.29) is 17.9 Å². The van der Waals surface area contributed by atoms with Gasteiger partial charge in [-0.05, 0) is 19.4 Å². The minimum atomic E-state index is -2.83. The predicted octanol–water partition coefficient (Wildman–Crippen LogP) is 3.50. The third-order valence-electron chi connectivity index (χ3n) is 2.93. The summed E-state index contributed by atoms with van der Waals surface area (Å²) in [6.45, 7) is 3.61. The second-order valence-corrected chi connectivity index (χ2v) is 4.93. The van der Waals surface area contributed by atoms with Crippen LogP contribution in [-0.2, 0) is 0 Å². The van der Waals surface area contributed by atoms with Crippen LogP contribution in [0.1, 0.15) is 38.7 Å². The zero-order valence-corrected chi connectivity index (χ0v) is 11.4. The standard InChI is InChI=1S/C13H18F2N2O3/c1-3-6-13(2,18)8-16-11-5-4-9(17(19)20)7-10(11)12(14)15/h4-5,7,12,16,18H,3,6,8H2,1-2H3. The molecule has 0 saturated heterocycles. The maximum absolute atomic E-state index is 12.9. The van der Waals surface area contributed by atoms with Crippen molar-refractivity contribution < 1.29 is 18.8 Å². The third-order valence-corrected chi connectivity index (χ3v) is 2.93.